The molecular formula is C22H25Br2NO6. The van der Waals surface area contributed by atoms with E-state index in [1.165, 1.54) is 7.05 Å². The van der Waals surface area contributed by atoms with Gasteiger partial charge in [0.1, 0.15) is 17.5 Å². The lowest BCUT2D eigenvalue weighted by Gasteiger charge is -2.24. The zero-order valence-corrected chi connectivity index (χ0v) is 20.6. The largest absolute Gasteiger partial charge is 0.508 e. The number of carboxylic acid groups (broad SMARTS) is 1. The summed E-state index contributed by atoms with van der Waals surface area (Å²) in [6.45, 7) is 3.62. The Balaban J connectivity index is 2.21. The minimum absolute atomic E-state index is 0.0140. The quantitative estimate of drug-likeness (QED) is 0.413. The summed E-state index contributed by atoms with van der Waals surface area (Å²) in [4.78, 5) is 25.0. The second kappa shape index (κ2) is 11.0. The smallest absolute Gasteiger partial charge is 0.326 e. The Morgan fingerprint density at radius 1 is 1.13 bits per heavy atom. The summed E-state index contributed by atoms with van der Waals surface area (Å²) in [6, 6.07) is 7.41. The van der Waals surface area contributed by atoms with E-state index < -0.39 is 12.0 Å². The molecule has 2 aromatic carbocycles. The van der Waals surface area contributed by atoms with Crippen LogP contribution in [0.15, 0.2) is 39.3 Å². The van der Waals surface area contributed by atoms with Crippen molar-refractivity contribution in [2.45, 2.75) is 38.6 Å². The number of hydrogen-bond acceptors (Lipinski definition) is 5. The number of hydrogen-bond donors (Lipinski definition) is 3. The highest BCUT2D eigenvalue weighted by atomic mass is 79.9. The van der Waals surface area contributed by atoms with Gasteiger partial charge in [-0.3, -0.25) is 4.79 Å². The SMILES string of the molecule is CC(C)c1cc(Oc2c(Br)cc(CC(=O)N(C)[C@@H](CCO)C(=O)O)cc2Br)ccc1O. The molecule has 0 fully saturated rings. The molecule has 0 heterocycles. The zero-order valence-electron chi connectivity index (χ0n) is 17.4. The lowest BCUT2D eigenvalue weighted by atomic mass is 10.0. The van der Waals surface area contributed by atoms with Gasteiger partial charge in [0, 0.05) is 25.6 Å². The predicted molar refractivity (Wildman–Crippen MR) is 124 cm³/mol. The van der Waals surface area contributed by atoms with Crippen LogP contribution in [0.25, 0.3) is 0 Å². The third kappa shape index (κ3) is 6.44. The van der Waals surface area contributed by atoms with Crippen LogP contribution in [0.3, 0.4) is 0 Å². The van der Waals surface area contributed by atoms with Crippen LogP contribution in [0.2, 0.25) is 0 Å². The van der Waals surface area contributed by atoms with Gasteiger partial charge in [0.25, 0.3) is 0 Å². The first-order valence-corrected chi connectivity index (χ1v) is 11.2. The maximum atomic E-state index is 12.6. The number of amides is 1. The van der Waals surface area contributed by atoms with E-state index in [0.717, 1.165) is 10.5 Å². The fourth-order valence-corrected chi connectivity index (χ4v) is 4.51. The number of aliphatic hydroxyl groups excluding tert-OH is 1. The Morgan fingerprint density at radius 3 is 2.26 bits per heavy atom. The third-order valence-corrected chi connectivity index (χ3v) is 5.98. The molecule has 2 aromatic rings. The van der Waals surface area contributed by atoms with Crippen molar-refractivity contribution in [2.24, 2.45) is 0 Å². The lowest BCUT2D eigenvalue weighted by molar-refractivity contribution is -0.149. The topological polar surface area (TPSA) is 107 Å². The van der Waals surface area contributed by atoms with Gasteiger partial charge in [-0.25, -0.2) is 4.79 Å². The molecule has 1 atom stereocenters. The molecule has 0 aliphatic heterocycles. The summed E-state index contributed by atoms with van der Waals surface area (Å²) in [5.41, 5.74) is 1.43. The van der Waals surface area contributed by atoms with Gasteiger partial charge in [0.15, 0.2) is 5.75 Å². The summed E-state index contributed by atoms with van der Waals surface area (Å²) in [5, 5.41) is 28.3. The highest BCUT2D eigenvalue weighted by Crippen LogP contribution is 2.39. The molecule has 0 aliphatic carbocycles. The molecule has 0 spiro atoms. The number of aliphatic carboxylic acids is 1. The van der Waals surface area contributed by atoms with E-state index in [1.54, 1.807) is 30.3 Å². The summed E-state index contributed by atoms with van der Waals surface area (Å²) < 4.78 is 7.21. The van der Waals surface area contributed by atoms with Crippen molar-refractivity contribution in [3.63, 3.8) is 0 Å². The Hall–Kier alpha value is -2.10. The number of carboxylic acids is 1. The van der Waals surface area contributed by atoms with Crippen LogP contribution in [0.4, 0.5) is 0 Å². The minimum Gasteiger partial charge on any atom is -0.508 e. The Kier molecular flexibility index (Phi) is 8.90. The van der Waals surface area contributed by atoms with E-state index in [-0.39, 0.29) is 37.0 Å². The van der Waals surface area contributed by atoms with Crippen LogP contribution in [0, 0.1) is 0 Å². The number of halogens is 2. The van der Waals surface area contributed by atoms with Crippen LogP contribution in [0.1, 0.15) is 37.3 Å². The highest BCUT2D eigenvalue weighted by Gasteiger charge is 2.26. The van der Waals surface area contributed by atoms with Gasteiger partial charge < -0.3 is 25.0 Å². The molecule has 0 aromatic heterocycles. The molecule has 1 amide bonds. The second-order valence-corrected chi connectivity index (χ2v) is 9.12. The molecule has 0 bridgehead atoms. The summed E-state index contributed by atoms with van der Waals surface area (Å²) in [7, 11) is 1.41. The molecular weight excluding hydrogens is 534 g/mol. The normalized spacial score (nSPS) is 12.0. The molecule has 0 unspecified atom stereocenters. The molecule has 0 aliphatic rings. The van der Waals surface area contributed by atoms with Crippen LogP contribution in [-0.2, 0) is 16.0 Å². The van der Waals surface area contributed by atoms with Gasteiger partial charge in [-0.1, -0.05) is 13.8 Å². The van der Waals surface area contributed by atoms with Crippen molar-refractivity contribution in [2.75, 3.05) is 13.7 Å². The van der Waals surface area contributed by atoms with E-state index in [2.05, 4.69) is 31.9 Å². The molecule has 168 valence electrons. The van der Waals surface area contributed by atoms with Crippen molar-refractivity contribution in [3.05, 3.63) is 50.4 Å². The molecule has 3 N–H and O–H groups in total. The first-order chi connectivity index (χ1) is 14.5. The van der Waals surface area contributed by atoms with Gasteiger partial charge >= 0.3 is 5.97 Å². The standard InChI is InChI=1S/C22H25Br2NO6/c1-12(2)15-11-14(4-5-19(15)27)31-21-16(23)8-13(9-17(21)24)10-20(28)25(3)18(6-7-26)22(29)30/h4-5,8-9,11-12,18,26-27H,6-7,10H2,1-3H3,(H,29,30)/t18-/m0/s1. The van der Waals surface area contributed by atoms with Crippen molar-refractivity contribution in [1.82, 2.24) is 4.90 Å². The number of aromatic hydroxyl groups is 1. The molecule has 31 heavy (non-hydrogen) atoms. The highest BCUT2D eigenvalue weighted by molar-refractivity contribution is 9.11. The van der Waals surface area contributed by atoms with Crippen LogP contribution < -0.4 is 4.74 Å². The summed E-state index contributed by atoms with van der Waals surface area (Å²) in [6.07, 6.45) is -0.0529. The fourth-order valence-electron chi connectivity index (χ4n) is 3.07. The van der Waals surface area contributed by atoms with Gasteiger partial charge in [-0.2, -0.15) is 0 Å². The minimum atomic E-state index is -1.16. The number of carbonyl (C=O) groups excluding carboxylic acids is 1. The average molecular weight is 559 g/mol. The maximum Gasteiger partial charge on any atom is 0.326 e. The molecule has 2 rings (SSSR count). The zero-order chi connectivity index (χ0) is 23.3. The lowest BCUT2D eigenvalue weighted by Crippen LogP contribution is -2.43. The van der Waals surface area contributed by atoms with E-state index in [0.29, 0.717) is 26.0 Å². The third-order valence-electron chi connectivity index (χ3n) is 4.80. The number of phenols is 1. The Labute approximate surface area is 197 Å². The number of likely N-dealkylation sites (N-methyl/N-ethyl adjacent to an activating group) is 1. The van der Waals surface area contributed by atoms with Crippen molar-refractivity contribution in [3.8, 4) is 17.2 Å². The molecule has 9 heteroatoms. The van der Waals surface area contributed by atoms with Crippen molar-refractivity contribution in [1.29, 1.82) is 0 Å². The Bertz CT molecular complexity index is 940. The second-order valence-electron chi connectivity index (χ2n) is 7.41. The van der Waals surface area contributed by atoms with E-state index >= 15 is 0 Å². The number of nitrogens with zero attached hydrogens (tertiary/aromatic N) is 1. The predicted octanol–water partition coefficient (Wildman–Crippen LogP) is 4.67. The van der Waals surface area contributed by atoms with Crippen molar-refractivity contribution < 1.29 is 29.6 Å². The number of ether oxygens (including phenoxy) is 1. The van der Waals surface area contributed by atoms with Crippen LogP contribution >= 0.6 is 31.9 Å². The van der Waals surface area contributed by atoms with Crippen LogP contribution in [0.5, 0.6) is 17.2 Å². The fraction of sp³-hybridized carbons (Fsp3) is 0.364. The first-order valence-electron chi connectivity index (χ1n) is 9.63. The van der Waals surface area contributed by atoms with Gasteiger partial charge in [0.05, 0.1) is 15.4 Å². The molecule has 0 saturated heterocycles. The van der Waals surface area contributed by atoms with E-state index in [4.69, 9.17) is 9.84 Å². The van der Waals surface area contributed by atoms with E-state index in [1.807, 2.05) is 13.8 Å². The first kappa shape index (κ1) is 25.2. The van der Waals surface area contributed by atoms with Gasteiger partial charge in [0.2, 0.25) is 5.91 Å². The average Bonchev–Trinajstić information content (AvgIpc) is 2.69. The van der Waals surface area contributed by atoms with Crippen LogP contribution in [-0.4, -0.2) is 51.8 Å². The monoisotopic (exact) mass is 557 g/mol. The molecule has 0 saturated carbocycles. The number of aliphatic hydroxyl groups is 1. The number of carbonyl (C=O) groups is 2. The molecule has 7 nitrogen and oxygen atoms in total. The number of benzene rings is 2. The summed E-state index contributed by atoms with van der Waals surface area (Å²) >= 11 is 6.93. The molecule has 0 radical (unpaired) electrons. The van der Waals surface area contributed by atoms with Crippen molar-refractivity contribution >= 4 is 43.7 Å². The maximum absolute atomic E-state index is 12.6. The number of rotatable bonds is 9. The number of phenolic OH excluding ortho intramolecular Hbond substituents is 1. The van der Waals surface area contributed by atoms with Gasteiger partial charge in [-0.05, 0) is 73.7 Å². The Morgan fingerprint density at radius 2 is 1.74 bits per heavy atom. The van der Waals surface area contributed by atoms with E-state index in [9.17, 15) is 19.8 Å². The summed E-state index contributed by atoms with van der Waals surface area (Å²) in [5.74, 6) is -0.145. The van der Waals surface area contributed by atoms with Gasteiger partial charge in [-0.15, -0.1) is 0 Å².